The molecule has 1 aliphatic rings. The van der Waals surface area contributed by atoms with Gasteiger partial charge in [-0.2, -0.15) is 0 Å². The van der Waals surface area contributed by atoms with E-state index in [1.807, 2.05) is 6.07 Å². The van der Waals surface area contributed by atoms with Crippen LogP contribution in [0.1, 0.15) is 5.56 Å². The maximum absolute atomic E-state index is 5.25. The van der Waals surface area contributed by atoms with E-state index in [9.17, 15) is 0 Å². The molecule has 0 aliphatic carbocycles. The Bertz CT molecular complexity index is 519. The first-order valence-electron chi connectivity index (χ1n) is 5.22. The van der Waals surface area contributed by atoms with Gasteiger partial charge in [-0.05, 0) is 29.5 Å². The highest BCUT2D eigenvalue weighted by atomic mass is 16.5. The van der Waals surface area contributed by atoms with E-state index >= 15 is 0 Å². The molecule has 0 amide bonds. The van der Waals surface area contributed by atoms with Crippen molar-refractivity contribution in [3.8, 4) is 5.75 Å². The van der Waals surface area contributed by atoms with Crippen molar-refractivity contribution in [2.24, 2.45) is 0 Å². The van der Waals surface area contributed by atoms with Gasteiger partial charge in [0.25, 0.3) is 0 Å². The fraction of sp³-hybridized carbons (Fsp3) is 0.231. The quantitative estimate of drug-likeness (QED) is 0.762. The predicted octanol–water partition coefficient (Wildman–Crippen LogP) is 2.82. The van der Waals surface area contributed by atoms with E-state index in [0.29, 0.717) is 0 Å². The maximum atomic E-state index is 5.25. The number of ether oxygens (including phenoxy) is 1. The lowest BCUT2D eigenvalue weighted by atomic mass is 10.0. The number of hydrogen-bond donors (Lipinski definition) is 1. The van der Waals surface area contributed by atoms with E-state index in [1.165, 1.54) is 22.0 Å². The van der Waals surface area contributed by atoms with Crippen LogP contribution in [0.25, 0.3) is 10.8 Å². The van der Waals surface area contributed by atoms with Gasteiger partial charge < -0.3 is 10.1 Å². The molecule has 0 atom stereocenters. The van der Waals surface area contributed by atoms with Crippen molar-refractivity contribution >= 4 is 16.5 Å². The normalized spacial score (nSPS) is 13.7. The standard InChI is InChI=1S/C13H13NO/c1-15-11-5-4-9-2-3-10-6-7-14-13(10)12(9)8-11/h2-5,8,14H,6-7H2,1H3. The molecule has 1 aliphatic heterocycles. The molecule has 3 rings (SSSR count). The van der Waals surface area contributed by atoms with Gasteiger partial charge in [0.15, 0.2) is 0 Å². The van der Waals surface area contributed by atoms with E-state index in [4.69, 9.17) is 4.74 Å². The third kappa shape index (κ3) is 1.25. The molecule has 0 fully saturated rings. The van der Waals surface area contributed by atoms with Crippen molar-refractivity contribution in [3.63, 3.8) is 0 Å². The fourth-order valence-corrected chi connectivity index (χ4v) is 2.21. The lowest BCUT2D eigenvalue weighted by molar-refractivity contribution is 0.415. The first-order chi connectivity index (χ1) is 7.38. The van der Waals surface area contributed by atoms with Gasteiger partial charge in [-0.1, -0.05) is 18.2 Å². The van der Waals surface area contributed by atoms with Gasteiger partial charge in [0.05, 0.1) is 7.11 Å². The molecule has 0 saturated carbocycles. The molecule has 0 unspecified atom stereocenters. The number of anilines is 1. The molecule has 1 N–H and O–H groups in total. The molecule has 2 aromatic carbocycles. The zero-order chi connectivity index (χ0) is 10.3. The summed E-state index contributed by atoms with van der Waals surface area (Å²) < 4.78 is 5.25. The zero-order valence-electron chi connectivity index (χ0n) is 8.71. The van der Waals surface area contributed by atoms with Gasteiger partial charge in [0.1, 0.15) is 5.75 Å². The molecule has 2 nitrogen and oxygen atoms in total. The van der Waals surface area contributed by atoms with E-state index < -0.39 is 0 Å². The molecule has 2 aromatic rings. The summed E-state index contributed by atoms with van der Waals surface area (Å²) in [6, 6.07) is 10.6. The van der Waals surface area contributed by atoms with Crippen molar-refractivity contribution < 1.29 is 4.74 Å². The summed E-state index contributed by atoms with van der Waals surface area (Å²) in [5, 5.41) is 5.97. The van der Waals surface area contributed by atoms with E-state index in [2.05, 4.69) is 29.6 Å². The van der Waals surface area contributed by atoms with Crippen molar-refractivity contribution in [1.29, 1.82) is 0 Å². The largest absolute Gasteiger partial charge is 0.497 e. The summed E-state index contributed by atoms with van der Waals surface area (Å²) in [6.07, 6.45) is 1.13. The van der Waals surface area contributed by atoms with Crippen molar-refractivity contribution in [3.05, 3.63) is 35.9 Å². The summed E-state index contributed by atoms with van der Waals surface area (Å²) in [6.45, 7) is 1.05. The number of methoxy groups -OCH3 is 1. The Morgan fingerprint density at radius 2 is 2.07 bits per heavy atom. The first kappa shape index (κ1) is 8.60. The summed E-state index contributed by atoms with van der Waals surface area (Å²) >= 11 is 0. The summed E-state index contributed by atoms with van der Waals surface area (Å²) in [5.74, 6) is 0.921. The fourth-order valence-electron chi connectivity index (χ4n) is 2.21. The molecule has 0 bridgehead atoms. The summed E-state index contributed by atoms with van der Waals surface area (Å²) in [4.78, 5) is 0. The van der Waals surface area contributed by atoms with Crippen LogP contribution in [0.3, 0.4) is 0 Å². The van der Waals surface area contributed by atoms with Crippen LogP contribution in [0.2, 0.25) is 0 Å². The molecule has 76 valence electrons. The number of rotatable bonds is 1. The maximum Gasteiger partial charge on any atom is 0.119 e. The molecule has 0 radical (unpaired) electrons. The highest BCUT2D eigenvalue weighted by Crippen LogP contribution is 2.33. The Morgan fingerprint density at radius 1 is 1.20 bits per heavy atom. The summed E-state index contributed by atoms with van der Waals surface area (Å²) in [7, 11) is 1.71. The number of fused-ring (bicyclic) bond motifs is 3. The lowest BCUT2D eigenvalue weighted by Gasteiger charge is -2.07. The highest BCUT2D eigenvalue weighted by Gasteiger charge is 2.13. The van der Waals surface area contributed by atoms with Gasteiger partial charge in [0, 0.05) is 17.6 Å². The van der Waals surface area contributed by atoms with Gasteiger partial charge in [0.2, 0.25) is 0 Å². The van der Waals surface area contributed by atoms with Crippen LogP contribution in [-0.2, 0) is 6.42 Å². The van der Waals surface area contributed by atoms with Gasteiger partial charge in [-0.25, -0.2) is 0 Å². The Morgan fingerprint density at radius 3 is 2.93 bits per heavy atom. The van der Waals surface area contributed by atoms with E-state index in [0.717, 1.165) is 18.7 Å². The molecular weight excluding hydrogens is 186 g/mol. The Hall–Kier alpha value is -1.70. The minimum absolute atomic E-state index is 0.921. The highest BCUT2D eigenvalue weighted by molar-refractivity contribution is 5.97. The Balaban J connectivity index is 2.32. The average Bonchev–Trinajstić information content (AvgIpc) is 2.76. The third-order valence-corrected chi connectivity index (χ3v) is 3.01. The molecular formula is C13H13NO. The Labute approximate surface area is 88.9 Å². The van der Waals surface area contributed by atoms with E-state index in [-0.39, 0.29) is 0 Å². The molecule has 0 saturated heterocycles. The second-order valence-electron chi connectivity index (χ2n) is 3.86. The third-order valence-electron chi connectivity index (χ3n) is 3.01. The van der Waals surface area contributed by atoms with Crippen LogP contribution < -0.4 is 10.1 Å². The van der Waals surface area contributed by atoms with Gasteiger partial charge >= 0.3 is 0 Å². The van der Waals surface area contributed by atoms with Crippen molar-refractivity contribution in [2.45, 2.75) is 6.42 Å². The van der Waals surface area contributed by atoms with Gasteiger partial charge in [-0.15, -0.1) is 0 Å². The molecule has 0 aromatic heterocycles. The topological polar surface area (TPSA) is 21.3 Å². The second kappa shape index (κ2) is 3.16. The van der Waals surface area contributed by atoms with Gasteiger partial charge in [-0.3, -0.25) is 0 Å². The predicted molar refractivity (Wildman–Crippen MR) is 62.7 cm³/mol. The van der Waals surface area contributed by atoms with Crippen LogP contribution in [0.5, 0.6) is 5.75 Å². The zero-order valence-corrected chi connectivity index (χ0v) is 8.71. The monoisotopic (exact) mass is 199 g/mol. The second-order valence-corrected chi connectivity index (χ2v) is 3.86. The summed E-state index contributed by atoms with van der Waals surface area (Å²) in [5.41, 5.74) is 2.70. The lowest BCUT2D eigenvalue weighted by Crippen LogP contribution is -1.92. The SMILES string of the molecule is COc1ccc2ccc3c(c2c1)NCC3. The first-order valence-corrected chi connectivity index (χ1v) is 5.22. The number of benzene rings is 2. The van der Waals surface area contributed by atoms with Crippen molar-refractivity contribution in [2.75, 3.05) is 19.0 Å². The Kier molecular flexibility index (Phi) is 1.81. The van der Waals surface area contributed by atoms with Crippen LogP contribution in [0, 0.1) is 0 Å². The molecule has 2 heteroatoms. The molecule has 1 heterocycles. The average molecular weight is 199 g/mol. The van der Waals surface area contributed by atoms with Crippen LogP contribution in [0.15, 0.2) is 30.3 Å². The molecule has 0 spiro atoms. The van der Waals surface area contributed by atoms with Crippen LogP contribution >= 0.6 is 0 Å². The van der Waals surface area contributed by atoms with E-state index in [1.54, 1.807) is 7.11 Å². The minimum Gasteiger partial charge on any atom is -0.497 e. The number of hydrogen-bond acceptors (Lipinski definition) is 2. The number of nitrogens with one attached hydrogen (secondary N) is 1. The molecule has 15 heavy (non-hydrogen) atoms. The smallest absolute Gasteiger partial charge is 0.119 e. The van der Waals surface area contributed by atoms with Crippen LogP contribution in [0.4, 0.5) is 5.69 Å². The van der Waals surface area contributed by atoms with Crippen LogP contribution in [-0.4, -0.2) is 13.7 Å². The minimum atomic E-state index is 0.921. The van der Waals surface area contributed by atoms with Crippen molar-refractivity contribution in [1.82, 2.24) is 0 Å².